The molecule has 0 aliphatic heterocycles. The molecule has 2 rings (SSSR count). The number of ether oxygens (including phenoxy) is 1. The first-order chi connectivity index (χ1) is 10.4. The van der Waals surface area contributed by atoms with Crippen molar-refractivity contribution in [3.8, 4) is 11.6 Å². The first-order valence-corrected chi connectivity index (χ1v) is 7.28. The largest absolute Gasteiger partial charge is 0.407 e. The molecule has 0 atom stereocenters. The van der Waals surface area contributed by atoms with E-state index >= 15 is 0 Å². The summed E-state index contributed by atoms with van der Waals surface area (Å²) in [5.41, 5.74) is 2.17. The number of carbonyl (C=O) groups is 2. The van der Waals surface area contributed by atoms with Crippen LogP contribution in [0.15, 0.2) is 24.3 Å². The monoisotopic (exact) mass is 320 g/mol. The fraction of sp³-hybridized carbons (Fsp3) is 0.312. The maximum Gasteiger partial charge on any atom is 0.309 e. The Morgan fingerprint density at radius 1 is 1.32 bits per heavy atom. The minimum Gasteiger partial charge on any atom is -0.407 e. The lowest BCUT2D eigenvalue weighted by Crippen LogP contribution is -2.09. The molecule has 0 saturated heterocycles. The highest BCUT2D eigenvalue weighted by Gasteiger charge is 2.20. The molecule has 0 saturated carbocycles. The summed E-state index contributed by atoms with van der Waals surface area (Å²) in [5, 5.41) is 4.98. The molecular formula is C16H17ClN2O3. The summed E-state index contributed by atoms with van der Waals surface area (Å²) in [6, 6.07) is 7.10. The van der Waals surface area contributed by atoms with E-state index in [-0.39, 0.29) is 5.78 Å². The van der Waals surface area contributed by atoms with Gasteiger partial charge >= 0.3 is 5.97 Å². The first-order valence-electron chi connectivity index (χ1n) is 6.90. The van der Waals surface area contributed by atoms with E-state index < -0.39 is 5.97 Å². The zero-order chi connectivity index (χ0) is 16.3. The maximum absolute atomic E-state index is 11.4. The van der Waals surface area contributed by atoms with E-state index in [1.54, 1.807) is 18.2 Å². The quantitative estimate of drug-likeness (QED) is 0.793. The molecule has 0 aliphatic rings. The van der Waals surface area contributed by atoms with Crippen molar-refractivity contribution in [3.05, 3.63) is 40.5 Å². The van der Waals surface area contributed by atoms with Crippen LogP contribution in [0.1, 0.15) is 31.5 Å². The van der Waals surface area contributed by atoms with Crippen molar-refractivity contribution in [1.29, 1.82) is 0 Å². The van der Waals surface area contributed by atoms with E-state index in [1.165, 1.54) is 18.5 Å². The molecule has 0 N–H and O–H groups in total. The lowest BCUT2D eigenvalue weighted by atomic mass is 10.1. The zero-order valence-corrected chi connectivity index (χ0v) is 13.5. The second kappa shape index (κ2) is 6.75. The average Bonchev–Trinajstić information content (AvgIpc) is 2.72. The molecule has 6 heteroatoms. The molecular weight excluding hydrogens is 304 g/mol. The number of esters is 1. The number of hydrogen-bond acceptors (Lipinski definition) is 4. The van der Waals surface area contributed by atoms with Gasteiger partial charge in [0.1, 0.15) is 5.78 Å². The van der Waals surface area contributed by atoms with E-state index in [0.717, 1.165) is 11.3 Å². The van der Waals surface area contributed by atoms with Crippen LogP contribution in [0.25, 0.3) is 5.69 Å². The summed E-state index contributed by atoms with van der Waals surface area (Å²) >= 11 is 6.01. The van der Waals surface area contributed by atoms with Crippen LogP contribution in [0, 0.1) is 6.92 Å². The predicted octanol–water partition coefficient (Wildman–Crippen LogP) is 3.28. The zero-order valence-electron chi connectivity index (χ0n) is 12.7. The molecule has 1 heterocycles. The minimum absolute atomic E-state index is 0.0729. The average molecular weight is 321 g/mol. The summed E-state index contributed by atoms with van der Waals surface area (Å²) in [6.07, 6.45) is 0.848. The highest BCUT2D eigenvalue weighted by Crippen LogP contribution is 2.28. The second-order valence-electron chi connectivity index (χ2n) is 5.06. The number of halogens is 1. The van der Waals surface area contributed by atoms with Gasteiger partial charge in [-0.1, -0.05) is 17.7 Å². The second-order valence-corrected chi connectivity index (χ2v) is 5.49. The van der Waals surface area contributed by atoms with Crippen LogP contribution >= 0.6 is 11.6 Å². The van der Waals surface area contributed by atoms with Crippen molar-refractivity contribution in [3.63, 3.8) is 0 Å². The molecule has 0 radical (unpaired) electrons. The third-order valence-corrected chi connectivity index (χ3v) is 3.39. The number of benzene rings is 1. The molecule has 0 unspecified atom stereocenters. The smallest absolute Gasteiger partial charge is 0.309 e. The predicted molar refractivity (Wildman–Crippen MR) is 83.6 cm³/mol. The summed E-state index contributed by atoms with van der Waals surface area (Å²) in [6.45, 7) is 4.69. The number of Topliss-reactive ketones (excluding diaryl/α,β-unsaturated/α-hetero) is 1. The van der Waals surface area contributed by atoms with Crippen molar-refractivity contribution in [2.75, 3.05) is 0 Å². The van der Waals surface area contributed by atoms with Gasteiger partial charge in [0.2, 0.25) is 5.88 Å². The van der Waals surface area contributed by atoms with Crippen molar-refractivity contribution >= 4 is 23.4 Å². The van der Waals surface area contributed by atoms with Crippen molar-refractivity contribution in [1.82, 2.24) is 9.78 Å². The van der Waals surface area contributed by atoms with Gasteiger partial charge in [0.25, 0.3) is 0 Å². The van der Waals surface area contributed by atoms with E-state index in [9.17, 15) is 9.59 Å². The van der Waals surface area contributed by atoms with Gasteiger partial charge in [-0.05, 0) is 38.5 Å². The SMILES string of the molecule is CC(=O)CCc1c(C)nn(-c2cccc(Cl)c2)c1OC(C)=O. The number of aryl methyl sites for hydroxylation is 1. The Bertz CT molecular complexity index is 722. The van der Waals surface area contributed by atoms with E-state index in [4.69, 9.17) is 16.3 Å². The molecule has 2 aromatic rings. The number of nitrogens with zero attached hydrogens (tertiary/aromatic N) is 2. The Labute approximate surface area is 133 Å². The van der Waals surface area contributed by atoms with Crippen molar-refractivity contribution in [2.45, 2.75) is 33.6 Å². The molecule has 116 valence electrons. The van der Waals surface area contributed by atoms with Crippen LogP contribution in [0.5, 0.6) is 5.88 Å². The summed E-state index contributed by atoms with van der Waals surface area (Å²) in [4.78, 5) is 22.6. The Balaban J connectivity index is 2.51. The molecule has 0 amide bonds. The van der Waals surface area contributed by atoms with Gasteiger partial charge in [0.05, 0.1) is 11.4 Å². The third kappa shape index (κ3) is 3.74. The number of rotatable bonds is 5. The van der Waals surface area contributed by atoms with Crippen LogP contribution in [-0.4, -0.2) is 21.5 Å². The Morgan fingerprint density at radius 2 is 2.05 bits per heavy atom. The Hall–Kier alpha value is -2.14. The van der Waals surface area contributed by atoms with E-state index in [2.05, 4.69) is 5.10 Å². The fourth-order valence-electron chi connectivity index (χ4n) is 2.15. The molecule has 0 bridgehead atoms. The molecule has 5 nitrogen and oxygen atoms in total. The lowest BCUT2D eigenvalue weighted by Gasteiger charge is -2.09. The first kappa shape index (κ1) is 16.2. The highest BCUT2D eigenvalue weighted by atomic mass is 35.5. The van der Waals surface area contributed by atoms with Gasteiger partial charge in [-0.15, -0.1) is 0 Å². The van der Waals surface area contributed by atoms with E-state index in [1.807, 2.05) is 13.0 Å². The molecule has 0 fully saturated rings. The molecule has 0 spiro atoms. The number of ketones is 1. The number of aromatic nitrogens is 2. The van der Waals surface area contributed by atoms with Crippen LogP contribution in [0.2, 0.25) is 5.02 Å². The summed E-state index contributed by atoms with van der Waals surface area (Å²) < 4.78 is 6.87. The van der Waals surface area contributed by atoms with Gasteiger partial charge in [-0.3, -0.25) is 4.79 Å². The Kier molecular flexibility index (Phi) is 4.98. The summed E-state index contributed by atoms with van der Waals surface area (Å²) in [7, 11) is 0. The third-order valence-electron chi connectivity index (χ3n) is 3.16. The summed E-state index contributed by atoms with van der Waals surface area (Å²) in [5.74, 6) is -0.0237. The van der Waals surface area contributed by atoms with Crippen LogP contribution < -0.4 is 4.74 Å². The van der Waals surface area contributed by atoms with Crippen molar-refractivity contribution in [2.24, 2.45) is 0 Å². The van der Waals surface area contributed by atoms with Gasteiger partial charge in [-0.25, -0.2) is 4.68 Å². The maximum atomic E-state index is 11.4. The molecule has 1 aromatic heterocycles. The molecule has 0 aliphatic carbocycles. The van der Waals surface area contributed by atoms with Gasteiger partial charge in [-0.2, -0.15) is 5.10 Å². The van der Waals surface area contributed by atoms with Gasteiger partial charge in [0.15, 0.2) is 0 Å². The Morgan fingerprint density at radius 3 is 2.64 bits per heavy atom. The van der Waals surface area contributed by atoms with Crippen LogP contribution in [0.4, 0.5) is 0 Å². The van der Waals surface area contributed by atoms with Crippen LogP contribution in [0.3, 0.4) is 0 Å². The normalized spacial score (nSPS) is 10.5. The lowest BCUT2D eigenvalue weighted by molar-refractivity contribution is -0.132. The molecule has 1 aromatic carbocycles. The number of hydrogen-bond donors (Lipinski definition) is 0. The van der Waals surface area contributed by atoms with Crippen molar-refractivity contribution < 1.29 is 14.3 Å². The fourth-order valence-corrected chi connectivity index (χ4v) is 2.34. The van der Waals surface area contributed by atoms with Gasteiger partial charge in [0, 0.05) is 23.9 Å². The van der Waals surface area contributed by atoms with Crippen LogP contribution in [-0.2, 0) is 16.0 Å². The van der Waals surface area contributed by atoms with Gasteiger partial charge < -0.3 is 9.53 Å². The highest BCUT2D eigenvalue weighted by molar-refractivity contribution is 6.30. The molecule has 22 heavy (non-hydrogen) atoms. The minimum atomic E-state index is -0.438. The van der Waals surface area contributed by atoms with E-state index in [0.29, 0.717) is 29.4 Å². The topological polar surface area (TPSA) is 61.2 Å². The standard InChI is InChI=1S/C16H17ClN2O3/c1-10(20)7-8-15-11(2)18-19(16(15)22-12(3)21)14-6-4-5-13(17)9-14/h4-6,9H,7-8H2,1-3H3. The number of carbonyl (C=O) groups excluding carboxylic acids is 2.